The predicted molar refractivity (Wildman–Crippen MR) is 122 cm³/mol. The van der Waals surface area contributed by atoms with Crippen LogP contribution in [0.4, 0.5) is 5.82 Å². The second kappa shape index (κ2) is 9.03. The van der Waals surface area contributed by atoms with Gasteiger partial charge in [0.1, 0.15) is 18.4 Å². The van der Waals surface area contributed by atoms with Crippen molar-refractivity contribution in [2.24, 2.45) is 0 Å². The third-order valence-corrected chi connectivity index (χ3v) is 6.76. The fourth-order valence-electron chi connectivity index (χ4n) is 3.50. The van der Waals surface area contributed by atoms with Gasteiger partial charge in [-0.25, -0.2) is 9.97 Å². The van der Waals surface area contributed by atoms with Crippen LogP contribution in [0, 0.1) is 0 Å². The maximum atomic E-state index is 12.6. The van der Waals surface area contributed by atoms with Gasteiger partial charge in [-0.1, -0.05) is 6.07 Å². The van der Waals surface area contributed by atoms with Crippen LogP contribution in [0.25, 0.3) is 17.0 Å². The lowest BCUT2D eigenvalue weighted by molar-refractivity contribution is -0.130. The van der Waals surface area contributed by atoms with Gasteiger partial charge in [0.05, 0.1) is 11.6 Å². The molecule has 3 aromatic rings. The van der Waals surface area contributed by atoms with Crippen LogP contribution in [0.5, 0.6) is 0 Å². The fourth-order valence-corrected chi connectivity index (χ4v) is 4.84. The van der Waals surface area contributed by atoms with Gasteiger partial charge in [-0.15, -0.1) is 11.3 Å². The van der Waals surface area contributed by atoms with Crippen molar-refractivity contribution in [2.75, 3.05) is 25.4 Å². The van der Waals surface area contributed by atoms with Gasteiger partial charge in [0.25, 0.3) is 0 Å². The summed E-state index contributed by atoms with van der Waals surface area (Å²) < 4.78 is 0.997. The van der Waals surface area contributed by atoms with Crippen LogP contribution in [0.1, 0.15) is 10.4 Å². The molecule has 1 unspecified atom stereocenters. The van der Waals surface area contributed by atoms with Crippen LogP contribution < -0.4 is 5.73 Å². The van der Waals surface area contributed by atoms with Crippen molar-refractivity contribution in [3.05, 3.63) is 57.0 Å². The number of nitrogen functional groups attached to an aromatic ring is 1. The van der Waals surface area contributed by atoms with Gasteiger partial charge in [-0.05, 0) is 45.8 Å². The molecule has 1 saturated heterocycles. The monoisotopic (exact) mass is 485 g/mol. The van der Waals surface area contributed by atoms with Crippen molar-refractivity contribution >= 4 is 62.3 Å². The summed E-state index contributed by atoms with van der Waals surface area (Å²) in [4.78, 5) is 37.4. The minimum Gasteiger partial charge on any atom is -0.383 e. The molecule has 1 aliphatic heterocycles. The average Bonchev–Trinajstić information content (AvgIpc) is 3.17. The Bertz CT molecular complexity index is 1120. The van der Waals surface area contributed by atoms with Crippen LogP contribution >= 0.6 is 27.3 Å². The SMILES string of the molecule is Nc1ncnc2cc(CN3CCN(C(=O)/C=C/c4cc(Br)cs4)CC3C=O)ccc12. The van der Waals surface area contributed by atoms with Crippen molar-refractivity contribution in [1.29, 1.82) is 0 Å². The third-order valence-electron chi connectivity index (χ3n) is 5.10. The highest BCUT2D eigenvalue weighted by Gasteiger charge is 2.28. The molecule has 0 bridgehead atoms. The van der Waals surface area contributed by atoms with E-state index < -0.39 is 0 Å². The lowest BCUT2D eigenvalue weighted by atomic mass is 10.1. The number of carbonyl (C=O) groups excluding carboxylic acids is 2. The van der Waals surface area contributed by atoms with Crippen molar-refractivity contribution in [3.63, 3.8) is 0 Å². The zero-order valence-corrected chi connectivity index (χ0v) is 18.5. The minimum absolute atomic E-state index is 0.0797. The molecule has 0 radical (unpaired) electrons. The molecular weight excluding hydrogens is 466 g/mol. The number of hydrogen-bond acceptors (Lipinski definition) is 7. The summed E-state index contributed by atoms with van der Waals surface area (Å²) in [5.74, 6) is 0.372. The molecule has 1 amide bonds. The van der Waals surface area contributed by atoms with E-state index >= 15 is 0 Å². The number of rotatable bonds is 5. The van der Waals surface area contributed by atoms with E-state index in [-0.39, 0.29) is 11.9 Å². The number of amides is 1. The van der Waals surface area contributed by atoms with Crippen LogP contribution in [-0.4, -0.2) is 57.6 Å². The number of thiophene rings is 1. The first-order valence-electron chi connectivity index (χ1n) is 9.43. The summed E-state index contributed by atoms with van der Waals surface area (Å²) in [5, 5.41) is 2.78. The molecule has 0 saturated carbocycles. The highest BCUT2D eigenvalue weighted by molar-refractivity contribution is 9.10. The minimum atomic E-state index is -0.349. The number of hydrogen-bond donors (Lipinski definition) is 1. The topological polar surface area (TPSA) is 92.4 Å². The molecule has 30 heavy (non-hydrogen) atoms. The van der Waals surface area contributed by atoms with E-state index in [0.29, 0.717) is 32.0 Å². The Balaban J connectivity index is 1.41. The summed E-state index contributed by atoms with van der Waals surface area (Å²) in [6.45, 7) is 2.18. The largest absolute Gasteiger partial charge is 0.383 e. The Morgan fingerprint density at radius 3 is 2.93 bits per heavy atom. The van der Waals surface area contributed by atoms with Crippen LogP contribution in [0.15, 0.2) is 46.5 Å². The number of fused-ring (bicyclic) bond motifs is 1. The van der Waals surface area contributed by atoms with Gasteiger partial charge in [-0.2, -0.15) is 0 Å². The van der Waals surface area contributed by atoms with Crippen LogP contribution in [0.2, 0.25) is 0 Å². The second-order valence-electron chi connectivity index (χ2n) is 7.07. The molecule has 1 aromatic carbocycles. The number of piperazine rings is 1. The van der Waals surface area contributed by atoms with E-state index in [2.05, 4.69) is 30.8 Å². The van der Waals surface area contributed by atoms with Gasteiger partial charge >= 0.3 is 0 Å². The fraction of sp³-hybridized carbons (Fsp3) is 0.238. The Kier molecular flexibility index (Phi) is 6.21. The smallest absolute Gasteiger partial charge is 0.246 e. The van der Waals surface area contributed by atoms with E-state index in [1.807, 2.05) is 35.7 Å². The van der Waals surface area contributed by atoms with E-state index in [9.17, 15) is 9.59 Å². The quantitative estimate of drug-likeness (QED) is 0.441. The number of anilines is 1. The molecule has 1 aliphatic rings. The molecular formula is C21H20BrN5O2S. The van der Waals surface area contributed by atoms with Crippen LogP contribution in [-0.2, 0) is 16.1 Å². The first-order chi connectivity index (χ1) is 14.5. The summed E-state index contributed by atoms with van der Waals surface area (Å²) in [6, 6.07) is 7.46. The van der Waals surface area contributed by atoms with Crippen molar-refractivity contribution in [3.8, 4) is 0 Å². The van der Waals surface area contributed by atoms with E-state index in [1.54, 1.807) is 22.3 Å². The maximum Gasteiger partial charge on any atom is 0.246 e. The first-order valence-corrected chi connectivity index (χ1v) is 11.1. The number of benzene rings is 1. The Morgan fingerprint density at radius 1 is 1.30 bits per heavy atom. The molecule has 3 heterocycles. The highest BCUT2D eigenvalue weighted by atomic mass is 79.9. The van der Waals surface area contributed by atoms with Gasteiger partial charge < -0.3 is 15.4 Å². The molecule has 154 valence electrons. The molecule has 1 atom stereocenters. The third kappa shape index (κ3) is 4.58. The number of carbonyl (C=O) groups is 2. The normalized spacial score (nSPS) is 17.6. The Hall–Kier alpha value is -2.62. The molecule has 9 heteroatoms. The predicted octanol–water partition coefficient (Wildman–Crippen LogP) is 2.96. The lowest BCUT2D eigenvalue weighted by Crippen LogP contribution is -2.54. The van der Waals surface area contributed by atoms with Crippen LogP contribution in [0.3, 0.4) is 0 Å². The van der Waals surface area contributed by atoms with Gasteiger partial charge in [0, 0.05) is 52.4 Å². The van der Waals surface area contributed by atoms with Gasteiger partial charge in [-0.3, -0.25) is 9.69 Å². The Morgan fingerprint density at radius 2 is 2.17 bits per heavy atom. The van der Waals surface area contributed by atoms with E-state index in [4.69, 9.17) is 5.73 Å². The van der Waals surface area contributed by atoms with Gasteiger partial charge in [0.15, 0.2) is 0 Å². The summed E-state index contributed by atoms with van der Waals surface area (Å²) in [6.07, 6.45) is 5.75. The number of aldehydes is 1. The molecule has 4 rings (SSSR count). The zero-order chi connectivity index (χ0) is 21.1. The highest BCUT2D eigenvalue weighted by Crippen LogP contribution is 2.22. The molecule has 0 spiro atoms. The first kappa shape index (κ1) is 20.6. The second-order valence-corrected chi connectivity index (χ2v) is 8.93. The molecule has 1 fully saturated rings. The molecule has 2 aromatic heterocycles. The van der Waals surface area contributed by atoms with Gasteiger partial charge in [0.2, 0.25) is 5.91 Å². The molecule has 7 nitrogen and oxygen atoms in total. The number of halogens is 1. The van der Waals surface area contributed by atoms with Crippen molar-refractivity contribution in [2.45, 2.75) is 12.6 Å². The van der Waals surface area contributed by atoms with Crippen molar-refractivity contribution < 1.29 is 9.59 Å². The summed E-state index contributed by atoms with van der Waals surface area (Å²) in [5.41, 5.74) is 7.70. The lowest BCUT2D eigenvalue weighted by Gasteiger charge is -2.38. The standard InChI is InChI=1S/C21H20BrN5O2S/c22-15-8-17(30-12-15)2-4-20(29)27-6-5-26(16(10-27)11-28)9-14-1-3-18-19(7-14)24-13-25-21(18)23/h1-4,7-8,11-13,16H,5-6,9-10H2,(H2,23,24,25)/b4-2+. The summed E-state index contributed by atoms with van der Waals surface area (Å²) >= 11 is 4.97. The number of nitrogens with two attached hydrogens (primary N) is 1. The number of aromatic nitrogens is 2. The van der Waals surface area contributed by atoms with E-state index in [0.717, 1.165) is 32.1 Å². The molecule has 2 N–H and O–H groups in total. The summed E-state index contributed by atoms with van der Waals surface area (Å²) in [7, 11) is 0. The van der Waals surface area contributed by atoms with E-state index in [1.165, 1.54) is 6.33 Å². The average molecular weight is 486 g/mol. The molecule has 0 aliphatic carbocycles. The van der Waals surface area contributed by atoms with Crippen molar-refractivity contribution in [1.82, 2.24) is 19.8 Å². The maximum absolute atomic E-state index is 12.6. The number of nitrogens with zero attached hydrogens (tertiary/aromatic N) is 4. The Labute approximate surface area is 186 Å². The zero-order valence-electron chi connectivity index (χ0n) is 16.1.